The largest absolute Gasteiger partial charge is 0.447 e. The molecule has 0 aliphatic heterocycles. The van der Waals surface area contributed by atoms with E-state index in [4.69, 9.17) is 9.84 Å². The minimum atomic E-state index is -0.379. The maximum absolute atomic E-state index is 11.2. The highest BCUT2D eigenvalue weighted by atomic mass is 32.2. The smallest absolute Gasteiger partial charge is 0.409 e. The number of amides is 1. The van der Waals surface area contributed by atoms with Gasteiger partial charge in [-0.2, -0.15) is 11.8 Å². The Morgan fingerprint density at radius 3 is 2.77 bits per heavy atom. The molecule has 1 amide bonds. The van der Waals surface area contributed by atoms with Crippen molar-refractivity contribution in [3.05, 3.63) is 0 Å². The molecule has 1 atom stereocenters. The van der Waals surface area contributed by atoms with Crippen LogP contribution in [-0.4, -0.2) is 54.4 Å². The van der Waals surface area contributed by atoms with Gasteiger partial charge in [-0.25, -0.2) is 4.79 Å². The summed E-state index contributed by atoms with van der Waals surface area (Å²) in [5, 5.41) is 8.44. The number of hydrogen-bond acceptors (Lipinski definition) is 4. The zero-order chi connectivity index (χ0) is 10.3. The van der Waals surface area contributed by atoms with Gasteiger partial charge in [-0.05, 0) is 13.2 Å². The van der Waals surface area contributed by atoms with Crippen LogP contribution in [0.4, 0.5) is 4.79 Å². The van der Waals surface area contributed by atoms with Crippen LogP contribution in [0, 0.1) is 0 Å². The summed E-state index contributed by atoms with van der Waals surface area (Å²) >= 11 is 1.68. The van der Waals surface area contributed by atoms with Gasteiger partial charge in [0.2, 0.25) is 0 Å². The lowest BCUT2D eigenvalue weighted by Gasteiger charge is -2.23. The highest BCUT2D eigenvalue weighted by Crippen LogP contribution is 2.04. The standard InChI is InChI=1S/C8H17NO3S/c1-7(6-13-3)9(2)8(11)12-5-4-10/h7,10H,4-6H2,1-3H3. The predicted molar refractivity (Wildman–Crippen MR) is 54.0 cm³/mol. The van der Waals surface area contributed by atoms with E-state index in [2.05, 4.69) is 0 Å². The van der Waals surface area contributed by atoms with Crippen LogP contribution in [0.3, 0.4) is 0 Å². The van der Waals surface area contributed by atoms with Crippen molar-refractivity contribution in [2.75, 3.05) is 32.3 Å². The predicted octanol–water partition coefficient (Wildman–Crippen LogP) is 0.799. The maximum atomic E-state index is 11.2. The lowest BCUT2D eigenvalue weighted by Crippen LogP contribution is -2.37. The molecule has 1 unspecified atom stereocenters. The van der Waals surface area contributed by atoms with Gasteiger partial charge in [0.15, 0.2) is 0 Å². The number of nitrogens with zero attached hydrogens (tertiary/aromatic N) is 1. The van der Waals surface area contributed by atoms with Crippen molar-refractivity contribution in [1.29, 1.82) is 0 Å². The zero-order valence-electron chi connectivity index (χ0n) is 8.32. The number of hydrogen-bond donors (Lipinski definition) is 1. The van der Waals surface area contributed by atoms with Crippen molar-refractivity contribution < 1.29 is 14.6 Å². The van der Waals surface area contributed by atoms with Gasteiger partial charge in [0.25, 0.3) is 0 Å². The first-order valence-electron chi connectivity index (χ1n) is 4.12. The van der Waals surface area contributed by atoms with Crippen LogP contribution >= 0.6 is 11.8 Å². The molecule has 1 N–H and O–H groups in total. The van der Waals surface area contributed by atoms with Crippen molar-refractivity contribution in [2.45, 2.75) is 13.0 Å². The van der Waals surface area contributed by atoms with Gasteiger partial charge in [-0.15, -0.1) is 0 Å². The molecule has 0 rings (SSSR count). The van der Waals surface area contributed by atoms with Gasteiger partial charge < -0.3 is 14.7 Å². The van der Waals surface area contributed by atoms with E-state index in [9.17, 15) is 4.79 Å². The Labute approximate surface area is 83.2 Å². The van der Waals surface area contributed by atoms with Crippen LogP contribution < -0.4 is 0 Å². The maximum Gasteiger partial charge on any atom is 0.409 e. The third-order valence-electron chi connectivity index (χ3n) is 1.67. The molecule has 4 nitrogen and oxygen atoms in total. The summed E-state index contributed by atoms with van der Waals surface area (Å²) in [7, 11) is 1.70. The quantitative estimate of drug-likeness (QED) is 0.724. The second-order valence-corrected chi connectivity index (χ2v) is 3.66. The van der Waals surface area contributed by atoms with Gasteiger partial charge in [0.1, 0.15) is 6.61 Å². The molecular formula is C8H17NO3S. The van der Waals surface area contributed by atoms with Crippen molar-refractivity contribution in [3.63, 3.8) is 0 Å². The molecule has 0 aliphatic rings. The fraction of sp³-hybridized carbons (Fsp3) is 0.875. The monoisotopic (exact) mass is 207 g/mol. The van der Waals surface area contributed by atoms with E-state index in [-0.39, 0.29) is 25.3 Å². The van der Waals surface area contributed by atoms with Crippen LogP contribution in [0.2, 0.25) is 0 Å². The van der Waals surface area contributed by atoms with E-state index in [1.807, 2.05) is 13.2 Å². The third-order valence-corrected chi connectivity index (χ3v) is 2.49. The number of aliphatic hydroxyl groups excluding tert-OH is 1. The number of thioether (sulfide) groups is 1. The van der Waals surface area contributed by atoms with Gasteiger partial charge in [0.05, 0.1) is 6.61 Å². The molecule has 0 aromatic carbocycles. The van der Waals surface area contributed by atoms with Gasteiger partial charge >= 0.3 is 6.09 Å². The summed E-state index contributed by atoms with van der Waals surface area (Å²) in [5.41, 5.74) is 0. The Bertz CT molecular complexity index is 154. The van der Waals surface area contributed by atoms with Gasteiger partial charge in [-0.1, -0.05) is 0 Å². The van der Waals surface area contributed by atoms with Crippen LogP contribution in [0.5, 0.6) is 0 Å². The fourth-order valence-electron chi connectivity index (χ4n) is 0.768. The highest BCUT2D eigenvalue weighted by Gasteiger charge is 2.15. The van der Waals surface area contributed by atoms with Crippen LogP contribution in [0.1, 0.15) is 6.92 Å². The summed E-state index contributed by atoms with van der Waals surface area (Å²) in [4.78, 5) is 12.7. The van der Waals surface area contributed by atoms with Crippen molar-refractivity contribution in [3.8, 4) is 0 Å². The number of aliphatic hydroxyl groups is 1. The average molecular weight is 207 g/mol. The minimum absolute atomic E-state index is 0.0646. The van der Waals surface area contributed by atoms with E-state index < -0.39 is 0 Å². The lowest BCUT2D eigenvalue weighted by molar-refractivity contribution is 0.0844. The Kier molecular flexibility index (Phi) is 6.80. The SMILES string of the molecule is CSCC(C)N(C)C(=O)OCCO. The first-order valence-corrected chi connectivity index (χ1v) is 5.52. The molecular weight excluding hydrogens is 190 g/mol. The normalized spacial score (nSPS) is 12.3. The minimum Gasteiger partial charge on any atom is -0.447 e. The molecule has 0 spiro atoms. The Balaban J connectivity index is 3.79. The molecule has 0 heterocycles. The molecule has 0 radical (unpaired) electrons. The van der Waals surface area contributed by atoms with Crippen LogP contribution in [0.15, 0.2) is 0 Å². The molecule has 0 bridgehead atoms. The van der Waals surface area contributed by atoms with Crippen LogP contribution in [0.25, 0.3) is 0 Å². The van der Waals surface area contributed by atoms with Crippen LogP contribution in [-0.2, 0) is 4.74 Å². The molecule has 5 heteroatoms. The summed E-state index contributed by atoms with van der Waals surface area (Å²) in [6.07, 6.45) is 1.61. The van der Waals surface area contributed by atoms with E-state index >= 15 is 0 Å². The molecule has 0 aliphatic carbocycles. The molecule has 13 heavy (non-hydrogen) atoms. The molecule has 0 saturated carbocycles. The Hall–Kier alpha value is -0.420. The second kappa shape index (κ2) is 7.03. The van der Waals surface area contributed by atoms with Gasteiger partial charge in [-0.3, -0.25) is 0 Å². The average Bonchev–Trinajstić information content (AvgIpc) is 2.13. The van der Waals surface area contributed by atoms with Crippen molar-refractivity contribution in [1.82, 2.24) is 4.90 Å². The number of rotatable bonds is 5. The summed E-state index contributed by atoms with van der Waals surface area (Å²) in [5.74, 6) is 0.880. The van der Waals surface area contributed by atoms with Gasteiger partial charge in [0, 0.05) is 18.8 Å². The topological polar surface area (TPSA) is 49.8 Å². The highest BCUT2D eigenvalue weighted by molar-refractivity contribution is 7.98. The van der Waals surface area contributed by atoms with Crippen molar-refractivity contribution in [2.24, 2.45) is 0 Å². The third kappa shape index (κ3) is 5.00. The van der Waals surface area contributed by atoms with E-state index in [0.717, 1.165) is 5.75 Å². The Morgan fingerprint density at radius 2 is 2.31 bits per heavy atom. The zero-order valence-corrected chi connectivity index (χ0v) is 9.13. The Morgan fingerprint density at radius 1 is 1.69 bits per heavy atom. The summed E-state index contributed by atoms with van der Waals surface area (Å²) < 4.78 is 4.75. The molecule has 0 fully saturated rings. The molecule has 0 saturated heterocycles. The number of ether oxygens (including phenoxy) is 1. The number of carbonyl (C=O) groups is 1. The molecule has 78 valence electrons. The van der Waals surface area contributed by atoms with E-state index in [0.29, 0.717) is 0 Å². The first-order chi connectivity index (χ1) is 6.13. The summed E-state index contributed by atoms with van der Waals surface area (Å²) in [6.45, 7) is 1.89. The lowest BCUT2D eigenvalue weighted by atomic mass is 10.4. The first kappa shape index (κ1) is 12.6. The van der Waals surface area contributed by atoms with Crippen molar-refractivity contribution >= 4 is 17.9 Å². The molecule has 0 aromatic rings. The van der Waals surface area contributed by atoms with E-state index in [1.54, 1.807) is 18.8 Å². The fourth-order valence-corrected chi connectivity index (χ4v) is 1.47. The molecule has 0 aromatic heterocycles. The van der Waals surface area contributed by atoms with E-state index in [1.165, 1.54) is 4.90 Å². The second-order valence-electron chi connectivity index (χ2n) is 2.75. The number of carbonyl (C=O) groups excluding carboxylic acids is 1. The summed E-state index contributed by atoms with van der Waals surface area (Å²) in [6, 6.07) is 0.154.